The Balaban J connectivity index is 3.40. The minimum atomic E-state index is -0.267. The number of aliphatic hydroxyl groups is 1. The van der Waals surface area contributed by atoms with Gasteiger partial charge in [-0.15, -0.1) is 0 Å². The molecule has 2 unspecified atom stereocenters. The minimum Gasteiger partial charge on any atom is -0.392 e. The highest BCUT2D eigenvalue weighted by atomic mass is 127. The van der Waals surface area contributed by atoms with Crippen molar-refractivity contribution in [3.63, 3.8) is 0 Å². The van der Waals surface area contributed by atoms with Gasteiger partial charge in [0.25, 0.3) is 0 Å². The minimum absolute atomic E-state index is 0.216. The molecule has 0 rings (SSSR count). The predicted molar refractivity (Wildman–Crippen MR) is 55.7 cm³/mol. The van der Waals surface area contributed by atoms with Gasteiger partial charge >= 0.3 is 0 Å². The van der Waals surface area contributed by atoms with E-state index < -0.39 is 0 Å². The summed E-state index contributed by atoms with van der Waals surface area (Å²) in [5.41, 5.74) is 0. The van der Waals surface area contributed by atoms with Gasteiger partial charge in [0.2, 0.25) is 0 Å². The summed E-state index contributed by atoms with van der Waals surface area (Å²) in [4.78, 5) is 0. The van der Waals surface area contributed by atoms with E-state index in [0.717, 1.165) is 18.6 Å². The molecule has 2 nitrogen and oxygen atoms in total. The zero-order valence-electron chi connectivity index (χ0n) is 6.05. The number of nitrogens with one attached hydrogen (secondary N) is 1. The Labute approximate surface area is 81.7 Å². The smallest absolute Gasteiger partial charge is 0.0672 e. The molecule has 0 saturated heterocycles. The van der Waals surface area contributed by atoms with Crippen molar-refractivity contribution in [2.75, 3.05) is 5.75 Å². The van der Waals surface area contributed by atoms with Crippen molar-refractivity contribution in [2.24, 2.45) is 0 Å². The highest BCUT2D eigenvalue weighted by molar-refractivity contribution is 14.1. The van der Waals surface area contributed by atoms with Crippen LogP contribution in [-0.2, 0) is 0 Å². The predicted octanol–water partition coefficient (Wildman–Crippen LogP) is 1.39. The summed E-state index contributed by atoms with van der Waals surface area (Å²) < 4.78 is 3.02. The molecule has 0 aromatic heterocycles. The van der Waals surface area contributed by atoms with Crippen LogP contribution in [0.4, 0.5) is 0 Å². The van der Waals surface area contributed by atoms with Gasteiger partial charge in [-0.05, 0) is 25.5 Å². The van der Waals surface area contributed by atoms with Crippen LogP contribution in [-0.4, -0.2) is 23.0 Å². The van der Waals surface area contributed by atoms with Crippen molar-refractivity contribution in [3.05, 3.63) is 0 Å². The highest BCUT2D eigenvalue weighted by Crippen LogP contribution is 2.04. The molecule has 4 heteroatoms. The van der Waals surface area contributed by atoms with E-state index in [9.17, 15) is 0 Å². The fourth-order valence-electron chi connectivity index (χ4n) is 0.698. The lowest BCUT2D eigenvalue weighted by atomic mass is 10.1. The average Bonchev–Trinajstić information content (AvgIpc) is 1.89. The molecule has 0 radical (unpaired) electrons. The molecule has 0 bridgehead atoms. The monoisotopic (exact) mass is 275 g/mol. The van der Waals surface area contributed by atoms with Gasteiger partial charge in [-0.1, -0.05) is 0 Å². The number of hydrogen-bond acceptors (Lipinski definition) is 3. The zero-order chi connectivity index (χ0) is 7.98. The molecular weight excluding hydrogens is 261 g/mol. The van der Waals surface area contributed by atoms with Crippen molar-refractivity contribution in [1.29, 1.82) is 0 Å². The number of hydrogen-bond donors (Lipinski definition) is 3. The Bertz CT molecular complexity index is 82.1. The first-order valence-corrected chi connectivity index (χ1v) is 5.08. The van der Waals surface area contributed by atoms with E-state index in [1.807, 2.05) is 0 Å². The topological polar surface area (TPSA) is 32.3 Å². The average molecular weight is 275 g/mol. The van der Waals surface area contributed by atoms with E-state index in [4.69, 9.17) is 5.11 Å². The summed E-state index contributed by atoms with van der Waals surface area (Å²) in [6.07, 6.45) is 1.77. The fraction of sp³-hybridized carbons (Fsp3) is 1.00. The van der Waals surface area contributed by atoms with Crippen LogP contribution in [0.3, 0.4) is 0 Å². The molecule has 0 aliphatic heterocycles. The maximum absolute atomic E-state index is 9.15. The second-order valence-corrected chi connectivity index (χ2v) is 3.39. The summed E-state index contributed by atoms with van der Waals surface area (Å²) in [5.74, 6) is 0.890. The molecule has 0 aliphatic carbocycles. The molecule has 0 aromatic carbocycles. The molecule has 0 spiro atoms. The van der Waals surface area contributed by atoms with Crippen LogP contribution >= 0.6 is 35.5 Å². The first-order chi connectivity index (χ1) is 4.72. The Kier molecular flexibility index (Phi) is 7.36. The molecule has 0 aromatic rings. The summed E-state index contributed by atoms with van der Waals surface area (Å²) >= 11 is 6.16. The van der Waals surface area contributed by atoms with E-state index in [0.29, 0.717) is 0 Å². The summed E-state index contributed by atoms with van der Waals surface area (Å²) in [5, 5.41) is 9.15. The molecule has 10 heavy (non-hydrogen) atoms. The van der Waals surface area contributed by atoms with Gasteiger partial charge in [0.1, 0.15) is 0 Å². The van der Waals surface area contributed by atoms with E-state index in [1.165, 1.54) is 0 Å². The van der Waals surface area contributed by atoms with Crippen molar-refractivity contribution in [2.45, 2.75) is 31.9 Å². The standard InChI is InChI=1S/C6H14INOS/c1-5(9)6(8-7)3-2-4-10/h5-6,8-10H,2-4H2,1H3. The largest absolute Gasteiger partial charge is 0.392 e. The molecule has 2 atom stereocenters. The van der Waals surface area contributed by atoms with E-state index >= 15 is 0 Å². The Hall–Kier alpha value is 1.00. The van der Waals surface area contributed by atoms with Crippen LogP contribution in [0.25, 0.3) is 0 Å². The number of thiol groups is 1. The normalized spacial score (nSPS) is 16.8. The van der Waals surface area contributed by atoms with Crippen molar-refractivity contribution in [1.82, 2.24) is 3.53 Å². The quantitative estimate of drug-likeness (QED) is 0.402. The van der Waals surface area contributed by atoms with E-state index in [2.05, 4.69) is 39.0 Å². The number of aliphatic hydroxyl groups excluding tert-OH is 1. The van der Waals surface area contributed by atoms with Crippen LogP contribution in [0.5, 0.6) is 0 Å². The maximum Gasteiger partial charge on any atom is 0.0672 e. The van der Waals surface area contributed by atoms with Gasteiger partial charge < -0.3 is 5.11 Å². The summed E-state index contributed by atoms with van der Waals surface area (Å²) in [6, 6.07) is 0.216. The van der Waals surface area contributed by atoms with Crippen LogP contribution in [0.15, 0.2) is 0 Å². The third kappa shape index (κ3) is 4.76. The number of halogens is 1. The lowest BCUT2D eigenvalue weighted by molar-refractivity contribution is 0.155. The molecule has 0 heterocycles. The fourth-order valence-corrected chi connectivity index (χ4v) is 1.71. The molecular formula is C6H14INOS. The van der Waals surface area contributed by atoms with Gasteiger partial charge in [-0.25, -0.2) is 0 Å². The number of rotatable bonds is 5. The Morgan fingerprint density at radius 1 is 1.70 bits per heavy atom. The Morgan fingerprint density at radius 2 is 2.30 bits per heavy atom. The summed E-state index contributed by atoms with van der Waals surface area (Å²) in [7, 11) is 0. The van der Waals surface area contributed by atoms with Crippen molar-refractivity contribution in [3.8, 4) is 0 Å². The Morgan fingerprint density at radius 3 is 2.60 bits per heavy atom. The van der Waals surface area contributed by atoms with Gasteiger partial charge in [-0.2, -0.15) is 12.6 Å². The first-order valence-electron chi connectivity index (χ1n) is 3.37. The van der Waals surface area contributed by atoms with Crippen molar-refractivity contribution >= 4 is 35.5 Å². The lowest BCUT2D eigenvalue weighted by Crippen LogP contribution is -2.32. The van der Waals surface area contributed by atoms with Crippen LogP contribution in [0, 0.1) is 0 Å². The molecule has 0 aliphatic rings. The summed E-state index contributed by atoms with van der Waals surface area (Å²) in [6.45, 7) is 1.80. The third-order valence-corrected chi connectivity index (χ3v) is 2.51. The lowest BCUT2D eigenvalue weighted by Gasteiger charge is -2.16. The molecule has 62 valence electrons. The second kappa shape index (κ2) is 6.69. The maximum atomic E-state index is 9.15. The van der Waals surface area contributed by atoms with Gasteiger partial charge in [0.05, 0.1) is 6.10 Å². The molecule has 0 amide bonds. The molecule has 0 fully saturated rings. The van der Waals surface area contributed by atoms with E-state index in [-0.39, 0.29) is 12.1 Å². The van der Waals surface area contributed by atoms with Crippen LogP contribution in [0.2, 0.25) is 0 Å². The zero-order valence-corrected chi connectivity index (χ0v) is 9.10. The van der Waals surface area contributed by atoms with Crippen LogP contribution in [0.1, 0.15) is 19.8 Å². The molecule has 2 N–H and O–H groups in total. The SMILES string of the molecule is CC(O)C(CCCS)NI. The van der Waals surface area contributed by atoms with Gasteiger partial charge in [-0.3, -0.25) is 3.53 Å². The van der Waals surface area contributed by atoms with E-state index in [1.54, 1.807) is 6.92 Å². The first kappa shape index (κ1) is 11.0. The van der Waals surface area contributed by atoms with Crippen LogP contribution < -0.4 is 3.53 Å². The highest BCUT2D eigenvalue weighted by Gasteiger charge is 2.11. The molecule has 0 saturated carbocycles. The van der Waals surface area contributed by atoms with Crippen molar-refractivity contribution < 1.29 is 5.11 Å². The van der Waals surface area contributed by atoms with Gasteiger partial charge in [0, 0.05) is 28.9 Å². The second-order valence-electron chi connectivity index (χ2n) is 2.32. The third-order valence-electron chi connectivity index (χ3n) is 1.40. The van der Waals surface area contributed by atoms with Gasteiger partial charge in [0.15, 0.2) is 0 Å².